The molecule has 35 heavy (non-hydrogen) atoms. The Kier molecular flexibility index (Phi) is 4.53. The number of aromatic nitrogens is 1. The van der Waals surface area contributed by atoms with Gasteiger partial charge in [-0.15, -0.1) is 0 Å². The highest BCUT2D eigenvalue weighted by atomic mass is 15.0. The first-order valence-corrected chi connectivity index (χ1v) is 12.0. The first-order chi connectivity index (χ1) is 17.4. The molecule has 7 aromatic rings. The van der Waals surface area contributed by atoms with E-state index in [4.69, 9.17) is 0 Å². The van der Waals surface area contributed by atoms with Gasteiger partial charge in [0.2, 0.25) is 0 Å². The van der Waals surface area contributed by atoms with Gasteiger partial charge < -0.3 is 4.57 Å². The van der Waals surface area contributed by atoms with E-state index in [1.54, 1.807) is 0 Å². The first kappa shape index (κ1) is 19.8. The first-order valence-electron chi connectivity index (χ1n) is 12.0. The Balaban J connectivity index is 1.59. The molecule has 1 nitrogen and oxygen atoms in total. The van der Waals surface area contributed by atoms with Crippen LogP contribution in [-0.4, -0.2) is 4.57 Å². The number of benzene rings is 6. The lowest BCUT2D eigenvalue weighted by Gasteiger charge is -2.16. The van der Waals surface area contributed by atoms with E-state index in [9.17, 15) is 0 Å². The van der Waals surface area contributed by atoms with Crippen molar-refractivity contribution in [3.8, 4) is 27.9 Å². The maximum absolute atomic E-state index is 2.44. The van der Waals surface area contributed by atoms with E-state index in [0.29, 0.717) is 0 Å². The van der Waals surface area contributed by atoms with Gasteiger partial charge in [0.05, 0.1) is 16.7 Å². The standard InChI is InChI=1S/C34H23N/c1-3-11-24(12-4-1)28-19-20-33(30(21-28)25-13-5-2-6-14-25)35-32-18-10-9-17-29(32)31-22-26-15-7-8-16-27(26)23-34(31)35/h1-23H. The van der Waals surface area contributed by atoms with Gasteiger partial charge in [0.15, 0.2) is 0 Å². The van der Waals surface area contributed by atoms with E-state index < -0.39 is 0 Å². The summed E-state index contributed by atoms with van der Waals surface area (Å²) in [6.45, 7) is 0. The minimum absolute atomic E-state index is 1.19. The summed E-state index contributed by atoms with van der Waals surface area (Å²) in [4.78, 5) is 0. The molecule has 0 unspecified atom stereocenters. The monoisotopic (exact) mass is 445 g/mol. The number of fused-ring (bicyclic) bond motifs is 4. The highest BCUT2D eigenvalue weighted by Gasteiger charge is 2.17. The minimum atomic E-state index is 1.19. The third-order valence-electron chi connectivity index (χ3n) is 6.97. The number of para-hydroxylation sites is 1. The van der Waals surface area contributed by atoms with E-state index in [2.05, 4.69) is 144 Å². The van der Waals surface area contributed by atoms with Crippen LogP contribution >= 0.6 is 0 Å². The van der Waals surface area contributed by atoms with E-state index in [1.807, 2.05) is 0 Å². The van der Waals surface area contributed by atoms with Crippen molar-refractivity contribution in [2.75, 3.05) is 0 Å². The zero-order valence-electron chi connectivity index (χ0n) is 19.2. The second kappa shape index (κ2) is 8.00. The zero-order valence-corrected chi connectivity index (χ0v) is 19.2. The molecule has 1 heterocycles. The summed E-state index contributed by atoms with van der Waals surface area (Å²) in [6, 6.07) is 50.3. The molecule has 0 radical (unpaired) electrons. The average Bonchev–Trinajstić information content (AvgIpc) is 3.25. The van der Waals surface area contributed by atoms with E-state index >= 15 is 0 Å². The fraction of sp³-hybridized carbons (Fsp3) is 0. The summed E-state index contributed by atoms with van der Waals surface area (Å²) in [6.07, 6.45) is 0. The van der Waals surface area contributed by atoms with Gasteiger partial charge in [-0.3, -0.25) is 0 Å². The highest BCUT2D eigenvalue weighted by Crippen LogP contribution is 2.39. The molecule has 7 rings (SSSR count). The van der Waals surface area contributed by atoms with E-state index in [-0.39, 0.29) is 0 Å². The molecule has 0 amide bonds. The molecule has 0 bridgehead atoms. The van der Waals surface area contributed by atoms with Crippen molar-refractivity contribution in [3.05, 3.63) is 140 Å². The summed E-state index contributed by atoms with van der Waals surface area (Å²) in [7, 11) is 0. The van der Waals surface area contributed by atoms with Crippen LogP contribution in [0.15, 0.2) is 140 Å². The van der Waals surface area contributed by atoms with Crippen molar-refractivity contribution in [2.24, 2.45) is 0 Å². The van der Waals surface area contributed by atoms with Gasteiger partial charge in [0, 0.05) is 16.3 Å². The lowest BCUT2D eigenvalue weighted by Crippen LogP contribution is -1.98. The van der Waals surface area contributed by atoms with Gasteiger partial charge >= 0.3 is 0 Å². The van der Waals surface area contributed by atoms with Gasteiger partial charge in [0.1, 0.15) is 0 Å². The molecule has 0 spiro atoms. The van der Waals surface area contributed by atoms with Crippen LogP contribution in [0.4, 0.5) is 0 Å². The molecule has 0 aliphatic carbocycles. The molecule has 164 valence electrons. The second-order valence-corrected chi connectivity index (χ2v) is 9.03. The van der Waals surface area contributed by atoms with Crippen molar-refractivity contribution in [1.29, 1.82) is 0 Å². The average molecular weight is 446 g/mol. The Bertz CT molecular complexity index is 1830. The largest absolute Gasteiger partial charge is 0.309 e. The van der Waals surface area contributed by atoms with Crippen LogP contribution in [0.2, 0.25) is 0 Å². The Morgan fingerprint density at radius 2 is 1.00 bits per heavy atom. The molecule has 0 aliphatic heterocycles. The molecule has 0 N–H and O–H groups in total. The molecule has 0 atom stereocenters. The van der Waals surface area contributed by atoms with Crippen LogP contribution in [0.1, 0.15) is 0 Å². The Morgan fingerprint density at radius 1 is 0.371 bits per heavy atom. The van der Waals surface area contributed by atoms with Crippen molar-refractivity contribution in [1.82, 2.24) is 4.57 Å². The van der Waals surface area contributed by atoms with Crippen molar-refractivity contribution >= 4 is 32.6 Å². The predicted molar refractivity (Wildman–Crippen MR) is 149 cm³/mol. The number of hydrogen-bond acceptors (Lipinski definition) is 0. The topological polar surface area (TPSA) is 4.93 Å². The molecular formula is C34H23N. The van der Waals surface area contributed by atoms with Gasteiger partial charge in [-0.05, 0) is 57.8 Å². The van der Waals surface area contributed by atoms with Crippen LogP contribution < -0.4 is 0 Å². The Morgan fingerprint density at radius 3 is 1.77 bits per heavy atom. The van der Waals surface area contributed by atoms with Crippen molar-refractivity contribution in [3.63, 3.8) is 0 Å². The summed E-state index contributed by atoms with van der Waals surface area (Å²) in [5.74, 6) is 0. The summed E-state index contributed by atoms with van der Waals surface area (Å²) >= 11 is 0. The van der Waals surface area contributed by atoms with Crippen LogP contribution in [0.5, 0.6) is 0 Å². The van der Waals surface area contributed by atoms with Crippen molar-refractivity contribution < 1.29 is 0 Å². The van der Waals surface area contributed by atoms with E-state index in [1.165, 1.54) is 60.5 Å². The number of rotatable bonds is 3. The lowest BCUT2D eigenvalue weighted by atomic mass is 9.97. The van der Waals surface area contributed by atoms with Crippen LogP contribution in [0, 0.1) is 0 Å². The normalized spacial score (nSPS) is 11.4. The van der Waals surface area contributed by atoms with Gasteiger partial charge in [-0.2, -0.15) is 0 Å². The summed E-state index contributed by atoms with van der Waals surface area (Å²) in [5.41, 5.74) is 8.54. The van der Waals surface area contributed by atoms with Crippen molar-refractivity contribution in [2.45, 2.75) is 0 Å². The quantitative estimate of drug-likeness (QED) is 0.255. The van der Waals surface area contributed by atoms with Crippen LogP contribution in [-0.2, 0) is 0 Å². The number of hydrogen-bond donors (Lipinski definition) is 0. The SMILES string of the molecule is c1ccc(-c2ccc(-n3c4ccccc4c4cc5ccccc5cc43)c(-c3ccccc3)c2)cc1. The molecule has 6 aromatic carbocycles. The minimum Gasteiger partial charge on any atom is -0.309 e. The molecule has 1 heteroatoms. The molecule has 1 aromatic heterocycles. The smallest absolute Gasteiger partial charge is 0.0547 e. The second-order valence-electron chi connectivity index (χ2n) is 9.03. The van der Waals surface area contributed by atoms with Crippen LogP contribution in [0.25, 0.3) is 60.5 Å². The Hall–Kier alpha value is -4.62. The molecule has 0 fully saturated rings. The fourth-order valence-corrected chi connectivity index (χ4v) is 5.30. The van der Waals surface area contributed by atoms with E-state index in [0.717, 1.165) is 0 Å². The predicted octanol–water partition coefficient (Wildman–Crippen LogP) is 9.27. The maximum Gasteiger partial charge on any atom is 0.0547 e. The van der Waals surface area contributed by atoms with Gasteiger partial charge in [-0.25, -0.2) is 0 Å². The maximum atomic E-state index is 2.44. The number of nitrogens with zero attached hydrogens (tertiary/aromatic N) is 1. The third kappa shape index (κ3) is 3.25. The zero-order chi connectivity index (χ0) is 23.2. The highest BCUT2D eigenvalue weighted by molar-refractivity contribution is 6.14. The van der Waals surface area contributed by atoms with Gasteiger partial charge in [-0.1, -0.05) is 109 Å². The third-order valence-corrected chi connectivity index (χ3v) is 6.97. The van der Waals surface area contributed by atoms with Gasteiger partial charge in [0.25, 0.3) is 0 Å². The summed E-state index contributed by atoms with van der Waals surface area (Å²) in [5, 5.41) is 5.08. The summed E-state index contributed by atoms with van der Waals surface area (Å²) < 4.78 is 2.44. The fourth-order valence-electron chi connectivity index (χ4n) is 5.30. The lowest BCUT2D eigenvalue weighted by molar-refractivity contribution is 1.18. The van der Waals surface area contributed by atoms with Crippen LogP contribution in [0.3, 0.4) is 0 Å². The molecular weight excluding hydrogens is 422 g/mol. The molecule has 0 saturated heterocycles. The Labute approximate surface area is 204 Å². The molecule has 0 aliphatic rings. The molecule has 0 saturated carbocycles.